The van der Waals surface area contributed by atoms with E-state index in [-0.39, 0.29) is 10.6 Å². The van der Waals surface area contributed by atoms with E-state index in [9.17, 15) is 21.6 Å². The Morgan fingerprint density at radius 3 is 2.24 bits per heavy atom. The third-order valence-electron chi connectivity index (χ3n) is 3.54. The molecule has 0 saturated heterocycles. The first kappa shape index (κ1) is 20.8. The highest BCUT2D eigenvalue weighted by Gasteiger charge is 2.49. The minimum Gasteiger partial charge on any atom is -0.354 e. The number of aromatic nitrogens is 1. The first-order chi connectivity index (χ1) is 13.7. The van der Waals surface area contributed by atoms with Gasteiger partial charge in [-0.05, 0) is 19.1 Å². The van der Waals surface area contributed by atoms with Gasteiger partial charge in [0, 0.05) is 5.56 Å². The van der Waals surface area contributed by atoms with Crippen molar-refractivity contribution in [1.29, 1.82) is 0 Å². The van der Waals surface area contributed by atoms with E-state index >= 15 is 0 Å². The van der Waals surface area contributed by atoms with Crippen LogP contribution in [0.25, 0.3) is 10.6 Å². The van der Waals surface area contributed by atoms with Gasteiger partial charge >= 0.3 is 15.6 Å². The van der Waals surface area contributed by atoms with E-state index < -0.39 is 21.5 Å². The summed E-state index contributed by atoms with van der Waals surface area (Å²) in [6.45, 7) is 1.51. The summed E-state index contributed by atoms with van der Waals surface area (Å²) in [5.74, 6) is -0.678. The smallest absolute Gasteiger partial charge is 0.354 e. The van der Waals surface area contributed by atoms with Crippen LogP contribution in [0.4, 0.5) is 18.9 Å². The number of nitrogens with zero attached hydrogens (tertiary/aromatic N) is 2. The van der Waals surface area contributed by atoms with Crippen molar-refractivity contribution in [2.45, 2.75) is 12.4 Å². The zero-order valence-corrected chi connectivity index (χ0v) is 16.5. The summed E-state index contributed by atoms with van der Waals surface area (Å²) in [5.41, 5.74) is -1.37. The molecule has 0 atom stereocenters. The molecule has 3 rings (SSSR count). The maximum Gasteiger partial charge on any atom is 0.534 e. The monoisotopic (exact) mass is 441 g/mol. The molecule has 1 aromatic heterocycles. The molecule has 0 aliphatic rings. The van der Waals surface area contributed by atoms with Crippen molar-refractivity contribution in [1.82, 2.24) is 4.98 Å². The van der Waals surface area contributed by atoms with Crippen LogP contribution >= 0.6 is 11.3 Å². The SMILES string of the molecule is C/C(=N/Nc1ccccc1)c1sc(-c2ccccc2)nc1OS(=O)(=O)C(F)(F)F. The molecule has 6 nitrogen and oxygen atoms in total. The van der Waals surface area contributed by atoms with Gasteiger partial charge in [0.05, 0.1) is 11.4 Å². The molecule has 0 saturated carbocycles. The number of anilines is 1. The normalized spacial score (nSPS) is 12.6. The molecule has 11 heteroatoms. The number of hydrogen-bond donors (Lipinski definition) is 1. The summed E-state index contributed by atoms with van der Waals surface area (Å²) in [5, 5.41) is 4.40. The lowest BCUT2D eigenvalue weighted by atomic mass is 10.2. The Balaban J connectivity index is 2.00. The number of benzene rings is 2. The third kappa shape index (κ3) is 4.93. The maximum absolute atomic E-state index is 12.8. The molecule has 0 bridgehead atoms. The van der Waals surface area contributed by atoms with Crippen LogP contribution in [-0.4, -0.2) is 24.6 Å². The van der Waals surface area contributed by atoms with Gasteiger partial charge in [0.15, 0.2) is 0 Å². The quantitative estimate of drug-likeness (QED) is 0.255. The van der Waals surface area contributed by atoms with E-state index in [1.165, 1.54) is 6.92 Å². The van der Waals surface area contributed by atoms with Crippen LogP contribution in [0, 0.1) is 0 Å². The topological polar surface area (TPSA) is 80.7 Å². The third-order valence-corrected chi connectivity index (χ3v) is 5.68. The highest BCUT2D eigenvalue weighted by molar-refractivity contribution is 7.88. The van der Waals surface area contributed by atoms with E-state index in [0.717, 1.165) is 11.3 Å². The maximum atomic E-state index is 12.8. The molecule has 29 heavy (non-hydrogen) atoms. The fraction of sp³-hybridized carbons (Fsp3) is 0.111. The number of alkyl halides is 3. The van der Waals surface area contributed by atoms with Crippen LogP contribution in [0.5, 0.6) is 5.88 Å². The Morgan fingerprint density at radius 2 is 1.66 bits per heavy atom. The number of halogens is 3. The number of hydrazone groups is 1. The van der Waals surface area contributed by atoms with Gasteiger partial charge in [-0.3, -0.25) is 5.43 Å². The lowest BCUT2D eigenvalue weighted by Gasteiger charge is -2.08. The Morgan fingerprint density at radius 1 is 1.07 bits per heavy atom. The number of rotatable bonds is 6. The molecular formula is C18H14F3N3O3S2. The molecule has 0 radical (unpaired) electrons. The van der Waals surface area contributed by atoms with Crippen LogP contribution in [-0.2, 0) is 10.1 Å². The minimum atomic E-state index is -5.87. The minimum absolute atomic E-state index is 0.0557. The molecule has 152 valence electrons. The van der Waals surface area contributed by atoms with Gasteiger partial charge in [-0.15, -0.1) is 11.3 Å². The van der Waals surface area contributed by atoms with E-state index in [0.29, 0.717) is 16.3 Å². The van der Waals surface area contributed by atoms with Gasteiger partial charge in [-0.2, -0.15) is 31.7 Å². The van der Waals surface area contributed by atoms with Gasteiger partial charge in [-0.1, -0.05) is 48.5 Å². The second kappa shape index (κ2) is 8.21. The van der Waals surface area contributed by atoms with Crippen molar-refractivity contribution in [2.24, 2.45) is 5.10 Å². The molecule has 0 amide bonds. The predicted molar refractivity (Wildman–Crippen MR) is 105 cm³/mol. The highest BCUT2D eigenvalue weighted by Crippen LogP contribution is 2.36. The molecule has 2 aromatic carbocycles. The number of para-hydroxylation sites is 1. The van der Waals surface area contributed by atoms with Gasteiger partial charge < -0.3 is 4.18 Å². The standard InChI is InChI=1S/C18H14F3N3O3S2/c1-12(23-24-14-10-6-3-7-11-14)15-16(27-29(25,26)18(19,20)21)22-17(28-15)13-8-4-2-5-9-13/h2-11,24H,1H3/b23-12-. The molecular weight excluding hydrogens is 427 g/mol. The van der Waals surface area contributed by atoms with Crippen LogP contribution in [0.3, 0.4) is 0 Å². The van der Waals surface area contributed by atoms with Gasteiger partial charge in [0.2, 0.25) is 0 Å². The second-order valence-corrected chi connectivity index (χ2v) is 8.21. The zero-order chi connectivity index (χ0) is 21.1. The van der Waals surface area contributed by atoms with Crippen molar-refractivity contribution < 1.29 is 25.8 Å². The lowest BCUT2D eigenvalue weighted by Crippen LogP contribution is -2.28. The van der Waals surface area contributed by atoms with E-state index in [1.54, 1.807) is 54.6 Å². The predicted octanol–water partition coefficient (Wildman–Crippen LogP) is 4.87. The second-order valence-electron chi connectivity index (χ2n) is 5.68. The average molecular weight is 441 g/mol. The van der Waals surface area contributed by atoms with Gasteiger partial charge in [0.25, 0.3) is 5.88 Å². The van der Waals surface area contributed by atoms with Crippen LogP contribution in [0.2, 0.25) is 0 Å². The molecule has 0 spiro atoms. The highest BCUT2D eigenvalue weighted by atomic mass is 32.2. The van der Waals surface area contributed by atoms with E-state index in [1.807, 2.05) is 6.07 Å². The van der Waals surface area contributed by atoms with Gasteiger partial charge in [0.1, 0.15) is 9.88 Å². The van der Waals surface area contributed by atoms with Crippen LogP contribution in [0.15, 0.2) is 65.8 Å². The number of thiazole rings is 1. The number of nitrogens with one attached hydrogen (secondary N) is 1. The van der Waals surface area contributed by atoms with Crippen molar-refractivity contribution in [3.8, 4) is 16.5 Å². The summed E-state index contributed by atoms with van der Waals surface area (Å²) in [6, 6.07) is 17.4. The largest absolute Gasteiger partial charge is 0.534 e. The summed E-state index contributed by atoms with van der Waals surface area (Å²) >= 11 is 0.968. The van der Waals surface area contributed by atoms with Crippen molar-refractivity contribution in [3.63, 3.8) is 0 Å². The zero-order valence-electron chi connectivity index (χ0n) is 14.8. The molecule has 0 aliphatic heterocycles. The first-order valence-corrected chi connectivity index (χ1v) is 10.3. The molecule has 1 N–H and O–H groups in total. The Bertz CT molecular complexity index is 1110. The molecule has 1 heterocycles. The lowest BCUT2D eigenvalue weighted by molar-refractivity contribution is -0.0501. The fourth-order valence-electron chi connectivity index (χ4n) is 2.16. The number of hydrogen-bond acceptors (Lipinski definition) is 7. The van der Waals surface area contributed by atoms with Crippen molar-refractivity contribution >= 4 is 32.9 Å². The van der Waals surface area contributed by atoms with Crippen molar-refractivity contribution in [2.75, 3.05) is 5.43 Å². The van der Waals surface area contributed by atoms with E-state index in [2.05, 4.69) is 19.7 Å². The average Bonchev–Trinajstić information content (AvgIpc) is 3.10. The van der Waals surface area contributed by atoms with Crippen LogP contribution in [0.1, 0.15) is 11.8 Å². The van der Waals surface area contributed by atoms with Crippen molar-refractivity contribution in [3.05, 3.63) is 65.5 Å². The summed E-state index contributed by atoms with van der Waals surface area (Å²) in [6.07, 6.45) is 0. The molecule has 0 unspecified atom stereocenters. The Hall–Kier alpha value is -2.92. The fourth-order valence-corrected chi connectivity index (χ4v) is 3.58. The van der Waals surface area contributed by atoms with E-state index in [4.69, 9.17) is 0 Å². The Labute approximate surface area is 168 Å². The summed E-state index contributed by atoms with van der Waals surface area (Å²) in [7, 11) is -5.87. The first-order valence-electron chi connectivity index (χ1n) is 8.10. The van der Waals surface area contributed by atoms with Gasteiger partial charge in [-0.25, -0.2) is 0 Å². The Kier molecular flexibility index (Phi) is 5.89. The summed E-state index contributed by atoms with van der Waals surface area (Å²) in [4.78, 5) is 4.02. The summed E-state index contributed by atoms with van der Waals surface area (Å²) < 4.78 is 65.6. The molecule has 3 aromatic rings. The molecule has 0 aliphatic carbocycles. The molecule has 0 fully saturated rings. The van der Waals surface area contributed by atoms with Crippen LogP contribution < -0.4 is 9.61 Å².